The number of ketones is 1. The highest BCUT2D eigenvalue weighted by Gasteiger charge is 2.11. The first-order chi connectivity index (χ1) is 12.6. The molecular formula is C23H47NO2. The van der Waals surface area contributed by atoms with Gasteiger partial charge in [0.05, 0.1) is 6.10 Å². The van der Waals surface area contributed by atoms with Crippen LogP contribution in [0.1, 0.15) is 116 Å². The van der Waals surface area contributed by atoms with Gasteiger partial charge in [-0.1, -0.05) is 96.8 Å². The minimum Gasteiger partial charge on any atom is -0.391 e. The van der Waals surface area contributed by atoms with Crippen LogP contribution in [-0.2, 0) is 4.79 Å². The number of likely N-dealkylation sites (N-methyl/N-ethyl adjacent to an activating group) is 1. The Morgan fingerprint density at radius 1 is 0.731 bits per heavy atom. The maximum absolute atomic E-state index is 11.8. The van der Waals surface area contributed by atoms with Crippen molar-refractivity contribution in [3.63, 3.8) is 0 Å². The summed E-state index contributed by atoms with van der Waals surface area (Å²) < 4.78 is 0. The van der Waals surface area contributed by atoms with E-state index in [9.17, 15) is 9.90 Å². The standard InChI is InChI=1S/C23H47NO2/c1-4-5-6-7-8-9-10-11-12-13-14-15-16-17-18-19-22(25)20-23(26)21-24(2)3/h23,26H,4-21H2,1-3H3. The minimum absolute atomic E-state index is 0.217. The number of hydrogen-bond acceptors (Lipinski definition) is 3. The largest absolute Gasteiger partial charge is 0.391 e. The third-order valence-corrected chi connectivity index (χ3v) is 5.10. The van der Waals surface area contributed by atoms with Crippen LogP contribution < -0.4 is 0 Å². The Labute approximate surface area is 163 Å². The van der Waals surface area contributed by atoms with Gasteiger partial charge in [-0.15, -0.1) is 0 Å². The van der Waals surface area contributed by atoms with Crippen molar-refractivity contribution in [3.05, 3.63) is 0 Å². The van der Waals surface area contributed by atoms with Crippen molar-refractivity contribution in [2.24, 2.45) is 0 Å². The smallest absolute Gasteiger partial charge is 0.135 e. The molecule has 0 aliphatic heterocycles. The van der Waals surface area contributed by atoms with Crippen molar-refractivity contribution in [2.45, 2.75) is 122 Å². The van der Waals surface area contributed by atoms with E-state index >= 15 is 0 Å². The van der Waals surface area contributed by atoms with Crippen molar-refractivity contribution in [2.75, 3.05) is 20.6 Å². The van der Waals surface area contributed by atoms with E-state index in [0.29, 0.717) is 19.4 Å². The van der Waals surface area contributed by atoms with E-state index in [-0.39, 0.29) is 5.78 Å². The summed E-state index contributed by atoms with van der Waals surface area (Å²) in [5.41, 5.74) is 0. The molecule has 0 aliphatic rings. The molecule has 3 nitrogen and oxygen atoms in total. The third-order valence-electron chi connectivity index (χ3n) is 5.10. The molecule has 0 rings (SSSR count). The lowest BCUT2D eigenvalue weighted by atomic mass is 10.0. The van der Waals surface area contributed by atoms with Crippen LogP contribution in [0, 0.1) is 0 Å². The van der Waals surface area contributed by atoms with Gasteiger partial charge < -0.3 is 10.0 Å². The molecule has 0 radical (unpaired) electrons. The van der Waals surface area contributed by atoms with Crippen LogP contribution in [0.3, 0.4) is 0 Å². The third kappa shape index (κ3) is 19.9. The highest BCUT2D eigenvalue weighted by molar-refractivity contribution is 5.78. The number of hydrogen-bond donors (Lipinski definition) is 1. The first kappa shape index (κ1) is 25.6. The molecule has 3 heteroatoms. The van der Waals surface area contributed by atoms with Gasteiger partial charge in [-0.05, 0) is 20.5 Å². The Bertz CT molecular complexity index is 305. The van der Waals surface area contributed by atoms with Crippen molar-refractivity contribution in [1.29, 1.82) is 0 Å². The van der Waals surface area contributed by atoms with E-state index in [1.165, 1.54) is 83.5 Å². The van der Waals surface area contributed by atoms with Gasteiger partial charge in [-0.25, -0.2) is 0 Å². The predicted octanol–water partition coefficient (Wildman–Crippen LogP) is 6.13. The number of Topliss-reactive ketones (excluding diaryl/α,β-unsaturated/α-hetero) is 1. The minimum atomic E-state index is -0.506. The van der Waals surface area contributed by atoms with Crippen LogP contribution >= 0.6 is 0 Å². The van der Waals surface area contributed by atoms with Gasteiger partial charge in [0, 0.05) is 19.4 Å². The number of nitrogens with zero attached hydrogens (tertiary/aromatic N) is 1. The van der Waals surface area contributed by atoms with Crippen molar-refractivity contribution in [3.8, 4) is 0 Å². The normalized spacial score (nSPS) is 12.7. The number of unbranched alkanes of at least 4 members (excludes halogenated alkanes) is 14. The topological polar surface area (TPSA) is 40.5 Å². The summed E-state index contributed by atoms with van der Waals surface area (Å²) in [5.74, 6) is 0.217. The van der Waals surface area contributed by atoms with Crippen LogP contribution in [0.4, 0.5) is 0 Å². The Morgan fingerprint density at radius 3 is 1.50 bits per heavy atom. The number of aliphatic hydroxyl groups is 1. The second-order valence-electron chi connectivity index (χ2n) is 8.36. The zero-order valence-electron chi connectivity index (χ0n) is 18.1. The average Bonchev–Trinajstić information content (AvgIpc) is 2.57. The summed E-state index contributed by atoms with van der Waals surface area (Å²) in [4.78, 5) is 13.7. The van der Waals surface area contributed by atoms with Crippen LogP contribution in [0.25, 0.3) is 0 Å². The Balaban J connectivity index is 3.20. The molecule has 1 atom stereocenters. The molecule has 156 valence electrons. The van der Waals surface area contributed by atoms with Crippen LogP contribution in [-0.4, -0.2) is 42.5 Å². The molecule has 1 N–H and O–H groups in total. The Kier molecular flexibility index (Phi) is 19.0. The summed E-state index contributed by atoms with van der Waals surface area (Å²) >= 11 is 0. The molecule has 0 spiro atoms. The summed E-state index contributed by atoms with van der Waals surface area (Å²) in [6.45, 7) is 2.85. The number of rotatable bonds is 20. The lowest BCUT2D eigenvalue weighted by Crippen LogP contribution is -2.27. The first-order valence-corrected chi connectivity index (χ1v) is 11.4. The van der Waals surface area contributed by atoms with E-state index in [4.69, 9.17) is 0 Å². The van der Waals surface area contributed by atoms with E-state index in [1.807, 2.05) is 19.0 Å². The van der Waals surface area contributed by atoms with E-state index in [2.05, 4.69) is 6.92 Å². The lowest BCUT2D eigenvalue weighted by molar-refractivity contribution is -0.121. The van der Waals surface area contributed by atoms with Gasteiger partial charge in [-0.3, -0.25) is 4.79 Å². The molecule has 0 bridgehead atoms. The van der Waals surface area contributed by atoms with Gasteiger partial charge >= 0.3 is 0 Å². The van der Waals surface area contributed by atoms with Gasteiger partial charge in [-0.2, -0.15) is 0 Å². The van der Waals surface area contributed by atoms with E-state index < -0.39 is 6.10 Å². The molecule has 0 fully saturated rings. The molecule has 0 aromatic heterocycles. The molecule has 0 aromatic carbocycles. The zero-order chi connectivity index (χ0) is 19.5. The van der Waals surface area contributed by atoms with Gasteiger partial charge in [0.15, 0.2) is 0 Å². The Morgan fingerprint density at radius 2 is 1.12 bits per heavy atom. The fourth-order valence-corrected chi connectivity index (χ4v) is 3.54. The van der Waals surface area contributed by atoms with Crippen LogP contribution in [0.2, 0.25) is 0 Å². The van der Waals surface area contributed by atoms with Crippen LogP contribution in [0.5, 0.6) is 0 Å². The molecule has 0 saturated heterocycles. The maximum Gasteiger partial charge on any atom is 0.135 e. The molecular weight excluding hydrogens is 322 g/mol. The van der Waals surface area contributed by atoms with Crippen molar-refractivity contribution >= 4 is 5.78 Å². The van der Waals surface area contributed by atoms with Gasteiger partial charge in [0.2, 0.25) is 0 Å². The second-order valence-corrected chi connectivity index (χ2v) is 8.36. The Hall–Kier alpha value is -0.410. The second kappa shape index (κ2) is 19.4. The van der Waals surface area contributed by atoms with Crippen LogP contribution in [0.15, 0.2) is 0 Å². The monoisotopic (exact) mass is 369 g/mol. The molecule has 0 aromatic rings. The molecule has 1 unspecified atom stereocenters. The summed E-state index contributed by atoms with van der Waals surface area (Å²) in [7, 11) is 3.84. The first-order valence-electron chi connectivity index (χ1n) is 11.4. The quantitative estimate of drug-likeness (QED) is 0.262. The summed E-state index contributed by atoms with van der Waals surface area (Å²) in [6, 6.07) is 0. The van der Waals surface area contributed by atoms with Crippen molar-refractivity contribution in [1.82, 2.24) is 4.90 Å². The summed E-state index contributed by atoms with van der Waals surface area (Å²) in [6.07, 6.45) is 20.6. The highest BCUT2D eigenvalue weighted by Crippen LogP contribution is 2.14. The maximum atomic E-state index is 11.8. The molecule has 0 amide bonds. The van der Waals surface area contributed by atoms with Crippen molar-refractivity contribution < 1.29 is 9.90 Å². The van der Waals surface area contributed by atoms with E-state index in [0.717, 1.165) is 12.8 Å². The molecule has 0 saturated carbocycles. The fraction of sp³-hybridized carbons (Fsp3) is 0.957. The SMILES string of the molecule is CCCCCCCCCCCCCCCCCC(=O)CC(O)CN(C)C. The molecule has 0 aliphatic carbocycles. The number of carbonyl (C=O) groups excluding carboxylic acids is 1. The van der Waals surface area contributed by atoms with E-state index in [1.54, 1.807) is 0 Å². The predicted molar refractivity (Wildman–Crippen MR) is 114 cm³/mol. The molecule has 26 heavy (non-hydrogen) atoms. The zero-order valence-corrected chi connectivity index (χ0v) is 18.1. The summed E-state index contributed by atoms with van der Waals surface area (Å²) in [5, 5.41) is 9.75. The number of aliphatic hydroxyl groups excluding tert-OH is 1. The van der Waals surface area contributed by atoms with Gasteiger partial charge in [0.1, 0.15) is 5.78 Å². The lowest BCUT2D eigenvalue weighted by Gasteiger charge is -2.14. The molecule has 0 heterocycles. The highest BCUT2D eigenvalue weighted by atomic mass is 16.3. The van der Waals surface area contributed by atoms with Gasteiger partial charge in [0.25, 0.3) is 0 Å². The number of carbonyl (C=O) groups is 1. The average molecular weight is 370 g/mol. The fourth-order valence-electron chi connectivity index (χ4n) is 3.54.